The van der Waals surface area contributed by atoms with E-state index in [0.29, 0.717) is 0 Å². The SMILES string of the molecule is CC(C)(CCO)CNc1nc2ccc(N)cc2[nH]1. The molecule has 2 aromatic rings. The van der Waals surface area contributed by atoms with Crippen molar-refractivity contribution >= 4 is 22.7 Å². The van der Waals surface area contributed by atoms with Crippen molar-refractivity contribution in [1.82, 2.24) is 9.97 Å². The molecule has 0 spiro atoms. The fourth-order valence-electron chi connectivity index (χ4n) is 1.83. The molecule has 0 saturated carbocycles. The average molecular weight is 248 g/mol. The molecular weight excluding hydrogens is 228 g/mol. The van der Waals surface area contributed by atoms with Gasteiger partial charge in [0.2, 0.25) is 5.95 Å². The molecule has 1 aromatic carbocycles. The van der Waals surface area contributed by atoms with Gasteiger partial charge < -0.3 is 21.1 Å². The number of rotatable bonds is 5. The molecule has 98 valence electrons. The van der Waals surface area contributed by atoms with Crippen molar-refractivity contribution in [2.45, 2.75) is 20.3 Å². The van der Waals surface area contributed by atoms with Crippen LogP contribution in [0.2, 0.25) is 0 Å². The number of hydrogen-bond donors (Lipinski definition) is 4. The molecule has 0 saturated heterocycles. The molecule has 0 unspecified atom stereocenters. The molecule has 0 atom stereocenters. The number of H-pyrrole nitrogens is 1. The van der Waals surface area contributed by atoms with Crippen LogP contribution in [0.3, 0.4) is 0 Å². The van der Waals surface area contributed by atoms with Gasteiger partial charge in [0.15, 0.2) is 0 Å². The molecule has 5 heteroatoms. The number of anilines is 2. The fraction of sp³-hybridized carbons (Fsp3) is 0.462. The summed E-state index contributed by atoms with van der Waals surface area (Å²) in [5, 5.41) is 12.2. The van der Waals surface area contributed by atoms with Crippen LogP contribution < -0.4 is 11.1 Å². The van der Waals surface area contributed by atoms with Crippen molar-refractivity contribution in [2.75, 3.05) is 24.2 Å². The zero-order valence-corrected chi connectivity index (χ0v) is 10.8. The van der Waals surface area contributed by atoms with Gasteiger partial charge in [-0.2, -0.15) is 0 Å². The van der Waals surface area contributed by atoms with Crippen LogP contribution in [0, 0.1) is 5.41 Å². The molecule has 0 amide bonds. The van der Waals surface area contributed by atoms with Crippen molar-refractivity contribution in [3.63, 3.8) is 0 Å². The highest BCUT2D eigenvalue weighted by Crippen LogP contribution is 2.21. The van der Waals surface area contributed by atoms with Gasteiger partial charge >= 0.3 is 0 Å². The van der Waals surface area contributed by atoms with Crippen molar-refractivity contribution in [3.8, 4) is 0 Å². The van der Waals surface area contributed by atoms with Crippen LogP contribution in [0.1, 0.15) is 20.3 Å². The van der Waals surface area contributed by atoms with E-state index in [2.05, 4.69) is 29.1 Å². The molecule has 0 aliphatic rings. The topological polar surface area (TPSA) is 87.0 Å². The number of fused-ring (bicyclic) bond motifs is 1. The second-order valence-corrected chi connectivity index (χ2v) is 5.35. The van der Waals surface area contributed by atoms with E-state index in [9.17, 15) is 0 Å². The minimum atomic E-state index is 0.0345. The standard InChI is InChI=1S/C13H20N4O/c1-13(2,5-6-18)8-15-12-16-10-4-3-9(14)7-11(10)17-12/h3-4,7,18H,5-6,8,14H2,1-2H3,(H2,15,16,17). The number of nitrogens with one attached hydrogen (secondary N) is 2. The molecular formula is C13H20N4O. The number of aliphatic hydroxyl groups excluding tert-OH is 1. The van der Waals surface area contributed by atoms with Gasteiger partial charge in [0.05, 0.1) is 11.0 Å². The van der Waals surface area contributed by atoms with E-state index in [0.717, 1.165) is 35.6 Å². The molecule has 0 bridgehead atoms. The number of aromatic amines is 1. The molecule has 2 rings (SSSR count). The number of aliphatic hydroxyl groups is 1. The number of nitrogen functional groups attached to an aromatic ring is 1. The summed E-state index contributed by atoms with van der Waals surface area (Å²) in [6.07, 6.45) is 0.757. The summed E-state index contributed by atoms with van der Waals surface area (Å²) in [5.74, 6) is 0.738. The van der Waals surface area contributed by atoms with E-state index in [1.54, 1.807) is 0 Å². The first-order valence-electron chi connectivity index (χ1n) is 6.10. The molecule has 5 N–H and O–H groups in total. The second kappa shape index (κ2) is 4.86. The summed E-state index contributed by atoms with van der Waals surface area (Å²) in [6.45, 7) is 5.17. The third kappa shape index (κ3) is 2.92. The molecule has 0 fully saturated rings. The minimum absolute atomic E-state index is 0.0345. The third-order valence-electron chi connectivity index (χ3n) is 3.03. The van der Waals surface area contributed by atoms with Crippen LogP contribution in [0.5, 0.6) is 0 Å². The Morgan fingerprint density at radius 1 is 1.44 bits per heavy atom. The number of nitrogens with zero attached hydrogens (tertiary/aromatic N) is 1. The lowest BCUT2D eigenvalue weighted by Crippen LogP contribution is -2.24. The smallest absolute Gasteiger partial charge is 0.201 e. The summed E-state index contributed by atoms with van der Waals surface area (Å²) >= 11 is 0. The lowest BCUT2D eigenvalue weighted by Gasteiger charge is -2.23. The first-order valence-corrected chi connectivity index (χ1v) is 6.10. The number of aromatic nitrogens is 2. The Kier molecular flexibility index (Phi) is 3.43. The van der Waals surface area contributed by atoms with E-state index < -0.39 is 0 Å². The van der Waals surface area contributed by atoms with Crippen LogP contribution >= 0.6 is 0 Å². The number of benzene rings is 1. The predicted molar refractivity (Wildman–Crippen MR) is 74.5 cm³/mol. The zero-order valence-electron chi connectivity index (χ0n) is 10.8. The monoisotopic (exact) mass is 248 g/mol. The van der Waals surface area contributed by atoms with Gasteiger partial charge in [0.1, 0.15) is 0 Å². The highest BCUT2D eigenvalue weighted by molar-refractivity contribution is 5.80. The van der Waals surface area contributed by atoms with Crippen molar-refractivity contribution in [2.24, 2.45) is 5.41 Å². The second-order valence-electron chi connectivity index (χ2n) is 5.35. The molecule has 5 nitrogen and oxygen atoms in total. The number of nitrogens with two attached hydrogens (primary N) is 1. The fourth-order valence-corrected chi connectivity index (χ4v) is 1.83. The largest absolute Gasteiger partial charge is 0.399 e. The van der Waals surface area contributed by atoms with Gasteiger partial charge in [-0.05, 0) is 30.0 Å². The quantitative estimate of drug-likeness (QED) is 0.609. The Bertz CT molecular complexity index is 533. The lowest BCUT2D eigenvalue weighted by atomic mass is 9.90. The summed E-state index contributed by atoms with van der Waals surface area (Å²) in [5.41, 5.74) is 8.30. The van der Waals surface area contributed by atoms with E-state index >= 15 is 0 Å². The zero-order chi connectivity index (χ0) is 13.2. The van der Waals surface area contributed by atoms with Crippen molar-refractivity contribution < 1.29 is 5.11 Å². The summed E-state index contributed by atoms with van der Waals surface area (Å²) in [7, 11) is 0. The predicted octanol–water partition coefficient (Wildman–Crippen LogP) is 1.97. The molecule has 1 aromatic heterocycles. The Balaban J connectivity index is 2.08. The first kappa shape index (κ1) is 12.7. The Hall–Kier alpha value is -1.75. The van der Waals surface area contributed by atoms with Crippen LogP contribution in [0.15, 0.2) is 18.2 Å². The highest BCUT2D eigenvalue weighted by Gasteiger charge is 2.17. The Morgan fingerprint density at radius 2 is 2.22 bits per heavy atom. The van der Waals surface area contributed by atoms with E-state index in [1.807, 2.05) is 18.2 Å². The maximum atomic E-state index is 8.98. The van der Waals surface area contributed by atoms with E-state index in [4.69, 9.17) is 10.8 Å². The van der Waals surface area contributed by atoms with Gasteiger partial charge in [-0.1, -0.05) is 13.8 Å². The Morgan fingerprint density at radius 3 is 2.94 bits per heavy atom. The van der Waals surface area contributed by atoms with Crippen LogP contribution in [0.4, 0.5) is 11.6 Å². The van der Waals surface area contributed by atoms with Gasteiger partial charge in [-0.25, -0.2) is 4.98 Å². The normalized spacial score (nSPS) is 11.9. The molecule has 0 aliphatic carbocycles. The van der Waals surface area contributed by atoms with Crippen molar-refractivity contribution in [3.05, 3.63) is 18.2 Å². The Labute approximate surface area is 106 Å². The summed E-state index contributed by atoms with van der Waals surface area (Å²) in [4.78, 5) is 7.62. The van der Waals surface area contributed by atoms with Gasteiger partial charge in [0, 0.05) is 18.8 Å². The number of hydrogen-bond acceptors (Lipinski definition) is 4. The highest BCUT2D eigenvalue weighted by atomic mass is 16.3. The molecule has 18 heavy (non-hydrogen) atoms. The maximum absolute atomic E-state index is 8.98. The first-order chi connectivity index (χ1) is 8.50. The van der Waals surface area contributed by atoms with Gasteiger partial charge in [0.25, 0.3) is 0 Å². The molecule has 1 heterocycles. The van der Waals surface area contributed by atoms with Gasteiger partial charge in [-0.15, -0.1) is 0 Å². The molecule has 0 aliphatic heterocycles. The summed E-state index contributed by atoms with van der Waals surface area (Å²) < 4.78 is 0. The maximum Gasteiger partial charge on any atom is 0.201 e. The van der Waals surface area contributed by atoms with Crippen LogP contribution in [-0.4, -0.2) is 28.2 Å². The number of imidazole rings is 1. The summed E-state index contributed by atoms with van der Waals surface area (Å²) in [6, 6.07) is 5.60. The van der Waals surface area contributed by atoms with Gasteiger partial charge in [-0.3, -0.25) is 0 Å². The van der Waals surface area contributed by atoms with E-state index in [1.165, 1.54) is 0 Å². The molecule has 0 radical (unpaired) electrons. The van der Waals surface area contributed by atoms with Crippen LogP contribution in [0.25, 0.3) is 11.0 Å². The van der Waals surface area contributed by atoms with E-state index in [-0.39, 0.29) is 12.0 Å². The minimum Gasteiger partial charge on any atom is -0.399 e. The van der Waals surface area contributed by atoms with Crippen LogP contribution in [-0.2, 0) is 0 Å². The third-order valence-corrected chi connectivity index (χ3v) is 3.03. The lowest BCUT2D eigenvalue weighted by molar-refractivity contribution is 0.220. The van der Waals surface area contributed by atoms with Crippen molar-refractivity contribution in [1.29, 1.82) is 0 Å². The average Bonchev–Trinajstić information content (AvgIpc) is 2.68.